The van der Waals surface area contributed by atoms with Crippen LogP contribution in [0.1, 0.15) is 24.1 Å². The van der Waals surface area contributed by atoms with E-state index >= 15 is 0 Å². The molecule has 2 heterocycles. The van der Waals surface area contributed by atoms with Crippen molar-refractivity contribution in [2.24, 2.45) is 0 Å². The number of nitrogens with zero attached hydrogens (tertiary/aromatic N) is 3. The highest BCUT2D eigenvalue weighted by Gasteiger charge is 2.31. The molecular formula is C19H23N3O2. The van der Waals surface area contributed by atoms with E-state index in [0.29, 0.717) is 6.54 Å². The van der Waals surface area contributed by atoms with Crippen LogP contribution in [0.25, 0.3) is 0 Å². The van der Waals surface area contributed by atoms with Crippen molar-refractivity contribution in [1.82, 2.24) is 14.8 Å². The maximum Gasteiger partial charge on any atom is 0.219 e. The van der Waals surface area contributed by atoms with E-state index in [1.165, 1.54) is 5.56 Å². The molecule has 0 aliphatic carbocycles. The molecule has 0 unspecified atom stereocenters. The summed E-state index contributed by atoms with van der Waals surface area (Å²) in [4.78, 5) is 20.3. The zero-order chi connectivity index (χ0) is 16.9. The number of amides is 1. The fourth-order valence-electron chi connectivity index (χ4n) is 3.26. The second-order valence-electron chi connectivity index (χ2n) is 6.05. The number of carbonyl (C=O) groups excluding carboxylic acids is 1. The van der Waals surface area contributed by atoms with Crippen molar-refractivity contribution in [3.05, 3.63) is 59.9 Å². The van der Waals surface area contributed by atoms with Crippen LogP contribution < -0.4 is 4.74 Å². The molecule has 0 N–H and O–H groups in total. The van der Waals surface area contributed by atoms with Gasteiger partial charge in [-0.2, -0.15) is 0 Å². The average Bonchev–Trinajstić information content (AvgIpc) is 2.62. The Hall–Kier alpha value is -2.40. The summed E-state index contributed by atoms with van der Waals surface area (Å²) < 4.78 is 5.55. The largest absolute Gasteiger partial charge is 0.496 e. The van der Waals surface area contributed by atoms with Gasteiger partial charge in [-0.3, -0.25) is 14.7 Å². The third-order valence-corrected chi connectivity index (χ3v) is 4.57. The fraction of sp³-hybridized carbons (Fsp3) is 0.368. The molecule has 0 saturated carbocycles. The Morgan fingerprint density at radius 2 is 1.96 bits per heavy atom. The van der Waals surface area contributed by atoms with E-state index in [-0.39, 0.29) is 11.9 Å². The molecular weight excluding hydrogens is 302 g/mol. The molecule has 126 valence electrons. The van der Waals surface area contributed by atoms with Gasteiger partial charge in [-0.25, -0.2) is 0 Å². The topological polar surface area (TPSA) is 45.7 Å². The van der Waals surface area contributed by atoms with E-state index in [1.807, 2.05) is 47.6 Å². The van der Waals surface area contributed by atoms with Gasteiger partial charge in [0.2, 0.25) is 5.91 Å². The minimum Gasteiger partial charge on any atom is -0.496 e. The number of para-hydroxylation sites is 1. The molecule has 0 radical (unpaired) electrons. The van der Waals surface area contributed by atoms with Gasteiger partial charge in [-0.05, 0) is 23.8 Å². The smallest absolute Gasteiger partial charge is 0.219 e. The van der Waals surface area contributed by atoms with E-state index in [0.717, 1.165) is 30.9 Å². The number of piperazine rings is 1. The van der Waals surface area contributed by atoms with Crippen molar-refractivity contribution < 1.29 is 9.53 Å². The number of aromatic nitrogens is 1. The number of hydrogen-bond acceptors (Lipinski definition) is 4. The highest BCUT2D eigenvalue weighted by Crippen LogP contribution is 2.33. The Kier molecular flexibility index (Phi) is 5.11. The predicted octanol–water partition coefficient (Wildman–Crippen LogP) is 2.50. The maximum atomic E-state index is 11.9. The molecule has 0 spiro atoms. The summed E-state index contributed by atoms with van der Waals surface area (Å²) in [5.74, 6) is 0.992. The van der Waals surface area contributed by atoms with Crippen LogP contribution >= 0.6 is 0 Å². The van der Waals surface area contributed by atoms with Crippen LogP contribution in [0.5, 0.6) is 5.75 Å². The first-order valence-corrected chi connectivity index (χ1v) is 8.20. The van der Waals surface area contributed by atoms with Crippen molar-refractivity contribution in [1.29, 1.82) is 0 Å². The van der Waals surface area contributed by atoms with Gasteiger partial charge in [0.05, 0.1) is 13.2 Å². The van der Waals surface area contributed by atoms with Crippen LogP contribution in [-0.2, 0) is 11.3 Å². The molecule has 1 aliphatic heterocycles. The number of benzene rings is 1. The van der Waals surface area contributed by atoms with Gasteiger partial charge in [0.1, 0.15) is 5.75 Å². The predicted molar refractivity (Wildman–Crippen MR) is 92.6 cm³/mol. The Morgan fingerprint density at radius 3 is 2.67 bits per heavy atom. The SMILES string of the molecule is COc1ccccc1[C@H]1CN(C(C)=O)CCN1Cc1ccncc1. The van der Waals surface area contributed by atoms with E-state index in [4.69, 9.17) is 4.74 Å². The fourth-order valence-corrected chi connectivity index (χ4v) is 3.26. The number of carbonyl (C=O) groups is 1. The van der Waals surface area contributed by atoms with Crippen molar-refractivity contribution in [3.8, 4) is 5.75 Å². The summed E-state index contributed by atoms with van der Waals surface area (Å²) in [5.41, 5.74) is 2.35. The van der Waals surface area contributed by atoms with Crippen LogP contribution in [0.3, 0.4) is 0 Å². The van der Waals surface area contributed by atoms with E-state index in [2.05, 4.69) is 16.0 Å². The Balaban J connectivity index is 1.90. The highest BCUT2D eigenvalue weighted by atomic mass is 16.5. The maximum absolute atomic E-state index is 11.9. The first-order valence-electron chi connectivity index (χ1n) is 8.20. The van der Waals surface area contributed by atoms with Crippen molar-refractivity contribution in [2.45, 2.75) is 19.5 Å². The second-order valence-corrected chi connectivity index (χ2v) is 6.05. The molecule has 1 aromatic carbocycles. The normalized spacial score (nSPS) is 18.4. The molecule has 2 aromatic rings. The molecule has 24 heavy (non-hydrogen) atoms. The highest BCUT2D eigenvalue weighted by molar-refractivity contribution is 5.73. The van der Waals surface area contributed by atoms with Crippen LogP contribution in [0.2, 0.25) is 0 Å². The number of ether oxygens (including phenoxy) is 1. The van der Waals surface area contributed by atoms with Gasteiger partial charge in [-0.15, -0.1) is 0 Å². The van der Waals surface area contributed by atoms with Gasteiger partial charge in [0.15, 0.2) is 0 Å². The van der Waals surface area contributed by atoms with E-state index < -0.39 is 0 Å². The zero-order valence-electron chi connectivity index (χ0n) is 14.2. The first-order chi connectivity index (χ1) is 11.7. The Bertz CT molecular complexity index is 690. The van der Waals surface area contributed by atoms with Crippen molar-refractivity contribution in [3.63, 3.8) is 0 Å². The van der Waals surface area contributed by atoms with E-state index in [1.54, 1.807) is 14.0 Å². The lowest BCUT2D eigenvalue weighted by Crippen LogP contribution is -2.49. The summed E-state index contributed by atoms with van der Waals surface area (Å²) >= 11 is 0. The van der Waals surface area contributed by atoms with Crippen molar-refractivity contribution >= 4 is 5.91 Å². The molecule has 1 aliphatic rings. The summed E-state index contributed by atoms with van der Waals surface area (Å²) in [6.07, 6.45) is 3.64. The number of pyridine rings is 1. The van der Waals surface area contributed by atoms with Gasteiger partial charge >= 0.3 is 0 Å². The molecule has 1 saturated heterocycles. The molecule has 0 bridgehead atoms. The molecule has 5 heteroatoms. The molecule has 1 amide bonds. The standard InChI is InChI=1S/C19H23N3O2/c1-15(23)21-11-12-22(13-16-7-9-20-10-8-16)18(14-21)17-5-3-4-6-19(17)24-2/h3-10,18H,11-14H2,1-2H3/t18-/m1/s1. The summed E-state index contributed by atoms with van der Waals surface area (Å²) in [6.45, 7) is 4.74. The molecule has 1 aromatic heterocycles. The number of rotatable bonds is 4. The third-order valence-electron chi connectivity index (χ3n) is 4.57. The third kappa shape index (κ3) is 3.57. The second kappa shape index (κ2) is 7.45. The van der Waals surface area contributed by atoms with E-state index in [9.17, 15) is 4.79 Å². The van der Waals surface area contributed by atoms with Gasteiger partial charge in [0.25, 0.3) is 0 Å². The lowest BCUT2D eigenvalue weighted by atomic mass is 10.00. The molecule has 1 atom stereocenters. The van der Waals surface area contributed by atoms with Crippen LogP contribution in [-0.4, -0.2) is 47.4 Å². The van der Waals surface area contributed by atoms with Gasteiger partial charge in [0, 0.05) is 51.1 Å². The van der Waals surface area contributed by atoms with Crippen molar-refractivity contribution in [2.75, 3.05) is 26.7 Å². The Labute approximate surface area is 142 Å². The summed E-state index contributed by atoms with van der Waals surface area (Å²) in [5, 5.41) is 0. The quantitative estimate of drug-likeness (QED) is 0.866. The monoisotopic (exact) mass is 325 g/mol. The minimum atomic E-state index is 0.118. The Morgan fingerprint density at radius 1 is 1.21 bits per heavy atom. The van der Waals surface area contributed by atoms with Crippen LogP contribution in [0.15, 0.2) is 48.8 Å². The first kappa shape index (κ1) is 16.5. The van der Waals surface area contributed by atoms with Gasteiger partial charge in [-0.1, -0.05) is 18.2 Å². The lowest BCUT2D eigenvalue weighted by molar-refractivity contribution is -0.132. The summed E-state index contributed by atoms with van der Waals surface area (Å²) in [7, 11) is 1.69. The minimum absolute atomic E-state index is 0.118. The average molecular weight is 325 g/mol. The van der Waals surface area contributed by atoms with Crippen LogP contribution in [0, 0.1) is 0 Å². The molecule has 3 rings (SSSR count). The summed E-state index contributed by atoms with van der Waals surface area (Å²) in [6, 6.07) is 12.3. The lowest BCUT2D eigenvalue weighted by Gasteiger charge is -2.41. The van der Waals surface area contributed by atoms with Crippen LogP contribution in [0.4, 0.5) is 0 Å². The molecule has 1 fully saturated rings. The number of hydrogen-bond donors (Lipinski definition) is 0. The zero-order valence-corrected chi connectivity index (χ0v) is 14.2. The number of methoxy groups -OCH3 is 1. The molecule has 5 nitrogen and oxygen atoms in total. The van der Waals surface area contributed by atoms with Gasteiger partial charge < -0.3 is 9.64 Å².